The molecule has 11 heteroatoms. The molecule has 7 nitrogen and oxygen atoms in total. The Morgan fingerprint density at radius 1 is 0.830 bits per heavy atom. The molecule has 0 saturated carbocycles. The van der Waals surface area contributed by atoms with Gasteiger partial charge in [-0.2, -0.15) is 0 Å². The number of rotatable bonds is 14. The van der Waals surface area contributed by atoms with E-state index in [0.29, 0.717) is 32.9 Å². The lowest BCUT2D eigenvalue weighted by Gasteiger charge is -2.34. The number of unbranched alkanes of at least 4 members (excludes halogenated alkanes) is 1. The predicted molar refractivity (Wildman–Crippen MR) is 191 cm³/mol. The molecule has 0 aliphatic rings. The normalized spacial score (nSPS) is 12.0. The van der Waals surface area contributed by atoms with Crippen LogP contribution >= 0.6 is 34.8 Å². The molecule has 2 amide bonds. The Balaban J connectivity index is 1.84. The smallest absolute Gasteiger partial charge is 0.264 e. The van der Waals surface area contributed by atoms with Gasteiger partial charge in [-0.3, -0.25) is 13.9 Å². The maximum atomic E-state index is 14.6. The summed E-state index contributed by atoms with van der Waals surface area (Å²) in [6.07, 6.45) is 1.81. The standard InChI is InChI=1S/C36H38Cl3N3O4S/c1-4-5-20-40-36(44)34(22-27-10-7-6-8-11-27)41(23-31-32(38)12-9-13-33(31)39)35(43)24-42(29-17-14-25(2)26(3)21-29)47(45,46)30-18-15-28(37)16-19-30/h6-19,21,34H,4-5,20,22-24H2,1-3H3,(H,40,44)/t34-/m1/s1. The molecule has 0 radical (unpaired) electrons. The molecule has 0 aliphatic carbocycles. The summed E-state index contributed by atoms with van der Waals surface area (Å²) < 4.78 is 29.5. The van der Waals surface area contributed by atoms with Gasteiger partial charge in [0.15, 0.2) is 0 Å². The second-order valence-electron chi connectivity index (χ2n) is 11.3. The lowest BCUT2D eigenvalue weighted by atomic mass is 10.0. The Hall–Kier alpha value is -3.56. The molecular formula is C36H38Cl3N3O4S. The van der Waals surface area contributed by atoms with E-state index in [9.17, 15) is 18.0 Å². The lowest BCUT2D eigenvalue weighted by molar-refractivity contribution is -0.140. The third-order valence-electron chi connectivity index (χ3n) is 7.95. The van der Waals surface area contributed by atoms with Crippen molar-refractivity contribution in [1.29, 1.82) is 0 Å². The van der Waals surface area contributed by atoms with E-state index in [4.69, 9.17) is 34.8 Å². The van der Waals surface area contributed by atoms with Crippen molar-refractivity contribution in [3.8, 4) is 0 Å². The van der Waals surface area contributed by atoms with Crippen LogP contribution in [-0.2, 0) is 32.6 Å². The zero-order chi connectivity index (χ0) is 34.1. The molecule has 0 unspecified atom stereocenters. The fourth-order valence-corrected chi connectivity index (χ4v) is 7.11. The van der Waals surface area contributed by atoms with Crippen molar-refractivity contribution in [3.05, 3.63) is 128 Å². The van der Waals surface area contributed by atoms with Crippen molar-refractivity contribution in [2.24, 2.45) is 0 Å². The monoisotopic (exact) mass is 713 g/mol. The van der Waals surface area contributed by atoms with Gasteiger partial charge < -0.3 is 10.2 Å². The number of halogens is 3. The highest BCUT2D eigenvalue weighted by Crippen LogP contribution is 2.30. The van der Waals surface area contributed by atoms with Crippen LogP contribution in [0.15, 0.2) is 95.9 Å². The van der Waals surface area contributed by atoms with Crippen molar-refractivity contribution in [1.82, 2.24) is 10.2 Å². The number of hydrogen-bond acceptors (Lipinski definition) is 4. The van der Waals surface area contributed by atoms with Gasteiger partial charge in [0.1, 0.15) is 12.6 Å². The van der Waals surface area contributed by atoms with Gasteiger partial charge in [0.25, 0.3) is 10.0 Å². The van der Waals surface area contributed by atoms with E-state index in [1.165, 1.54) is 29.2 Å². The van der Waals surface area contributed by atoms with Crippen LogP contribution < -0.4 is 9.62 Å². The topological polar surface area (TPSA) is 86.8 Å². The number of nitrogens with zero attached hydrogens (tertiary/aromatic N) is 2. The Bertz CT molecular complexity index is 1780. The first-order chi connectivity index (χ1) is 22.4. The molecular weight excluding hydrogens is 677 g/mol. The third kappa shape index (κ3) is 9.29. The molecule has 4 aromatic carbocycles. The summed E-state index contributed by atoms with van der Waals surface area (Å²) in [6, 6.07) is 24.3. The Morgan fingerprint density at radius 2 is 1.49 bits per heavy atom. The lowest BCUT2D eigenvalue weighted by Crippen LogP contribution is -2.53. The van der Waals surface area contributed by atoms with Crippen LogP contribution in [-0.4, -0.2) is 44.3 Å². The minimum absolute atomic E-state index is 0.0354. The van der Waals surface area contributed by atoms with Crippen LogP contribution in [0.5, 0.6) is 0 Å². The Kier molecular flexibility index (Phi) is 12.7. The van der Waals surface area contributed by atoms with Gasteiger partial charge in [-0.05, 0) is 85.5 Å². The molecule has 4 rings (SSSR count). The van der Waals surface area contributed by atoms with E-state index in [0.717, 1.165) is 33.8 Å². The number of benzene rings is 4. The van der Waals surface area contributed by atoms with Gasteiger partial charge in [0.2, 0.25) is 11.8 Å². The number of hydrogen-bond donors (Lipinski definition) is 1. The molecule has 4 aromatic rings. The molecule has 1 atom stereocenters. The summed E-state index contributed by atoms with van der Waals surface area (Å²) in [5, 5.41) is 3.98. The first-order valence-corrected chi connectivity index (χ1v) is 17.9. The molecule has 0 fully saturated rings. The van der Waals surface area contributed by atoms with Gasteiger partial charge in [0, 0.05) is 40.1 Å². The number of carbonyl (C=O) groups is 2. The van der Waals surface area contributed by atoms with Crippen molar-refractivity contribution in [3.63, 3.8) is 0 Å². The van der Waals surface area contributed by atoms with Gasteiger partial charge in [0.05, 0.1) is 10.6 Å². The number of aryl methyl sites for hydroxylation is 2. The summed E-state index contributed by atoms with van der Waals surface area (Å²) in [6.45, 7) is 5.51. The molecule has 248 valence electrons. The predicted octanol–water partition coefficient (Wildman–Crippen LogP) is 8.02. The summed E-state index contributed by atoms with van der Waals surface area (Å²) in [7, 11) is -4.27. The fraction of sp³-hybridized carbons (Fsp3) is 0.278. The average Bonchev–Trinajstić information content (AvgIpc) is 3.04. The average molecular weight is 715 g/mol. The van der Waals surface area contributed by atoms with Crippen LogP contribution in [0.25, 0.3) is 0 Å². The molecule has 0 heterocycles. The number of amides is 2. The largest absolute Gasteiger partial charge is 0.354 e. The first-order valence-electron chi connectivity index (χ1n) is 15.3. The van der Waals surface area contributed by atoms with Crippen LogP contribution in [0, 0.1) is 13.8 Å². The molecule has 0 aliphatic heterocycles. The molecule has 1 N–H and O–H groups in total. The van der Waals surface area contributed by atoms with E-state index in [1.54, 1.807) is 36.4 Å². The zero-order valence-corrected chi connectivity index (χ0v) is 29.6. The Labute approximate surface area is 292 Å². The minimum Gasteiger partial charge on any atom is -0.354 e. The maximum absolute atomic E-state index is 14.6. The second kappa shape index (κ2) is 16.5. The van der Waals surface area contributed by atoms with Gasteiger partial charge in [-0.15, -0.1) is 0 Å². The SMILES string of the molecule is CCCCNC(=O)[C@@H](Cc1ccccc1)N(Cc1c(Cl)cccc1Cl)C(=O)CN(c1ccc(C)c(C)c1)S(=O)(=O)c1ccc(Cl)cc1. The van der Waals surface area contributed by atoms with E-state index in [-0.39, 0.29) is 23.8 Å². The van der Waals surface area contributed by atoms with Crippen LogP contribution in [0.2, 0.25) is 15.1 Å². The highest BCUT2D eigenvalue weighted by Gasteiger charge is 2.35. The second-order valence-corrected chi connectivity index (χ2v) is 14.4. The quantitative estimate of drug-likeness (QED) is 0.134. The van der Waals surface area contributed by atoms with Gasteiger partial charge in [-0.25, -0.2) is 8.42 Å². The number of nitrogens with one attached hydrogen (secondary N) is 1. The van der Waals surface area contributed by atoms with E-state index < -0.39 is 28.5 Å². The highest BCUT2D eigenvalue weighted by atomic mass is 35.5. The van der Waals surface area contributed by atoms with Crippen LogP contribution in [0.3, 0.4) is 0 Å². The zero-order valence-electron chi connectivity index (χ0n) is 26.5. The molecule has 0 spiro atoms. The number of carbonyl (C=O) groups excluding carboxylic acids is 2. The number of anilines is 1. The van der Waals surface area contributed by atoms with Crippen molar-refractivity contribution in [2.45, 2.75) is 57.5 Å². The summed E-state index contributed by atoms with van der Waals surface area (Å²) in [5.74, 6) is -0.972. The molecule has 0 saturated heterocycles. The van der Waals surface area contributed by atoms with E-state index in [1.807, 2.05) is 51.1 Å². The molecule has 0 bridgehead atoms. The van der Waals surface area contributed by atoms with Gasteiger partial charge in [-0.1, -0.05) is 90.6 Å². The summed E-state index contributed by atoms with van der Waals surface area (Å²) in [4.78, 5) is 29.9. The van der Waals surface area contributed by atoms with Crippen molar-refractivity contribution in [2.75, 3.05) is 17.4 Å². The Morgan fingerprint density at radius 3 is 2.11 bits per heavy atom. The van der Waals surface area contributed by atoms with Crippen LogP contribution in [0.4, 0.5) is 5.69 Å². The fourth-order valence-electron chi connectivity index (χ4n) is 5.06. The maximum Gasteiger partial charge on any atom is 0.264 e. The first kappa shape index (κ1) is 36.3. The van der Waals surface area contributed by atoms with Gasteiger partial charge >= 0.3 is 0 Å². The summed E-state index contributed by atoms with van der Waals surface area (Å²) in [5.41, 5.74) is 3.39. The third-order valence-corrected chi connectivity index (χ3v) is 10.7. The van der Waals surface area contributed by atoms with Crippen LogP contribution in [0.1, 0.15) is 42.0 Å². The highest BCUT2D eigenvalue weighted by molar-refractivity contribution is 7.92. The molecule has 0 aromatic heterocycles. The number of sulfonamides is 1. The summed E-state index contributed by atoms with van der Waals surface area (Å²) >= 11 is 19.2. The van der Waals surface area contributed by atoms with Crippen molar-refractivity contribution < 1.29 is 18.0 Å². The molecule has 47 heavy (non-hydrogen) atoms. The van der Waals surface area contributed by atoms with E-state index in [2.05, 4.69) is 5.32 Å². The van der Waals surface area contributed by atoms with E-state index >= 15 is 0 Å². The minimum atomic E-state index is -4.27. The van der Waals surface area contributed by atoms with Crippen molar-refractivity contribution >= 4 is 62.3 Å².